The number of ketones is 1. The van der Waals surface area contributed by atoms with Crippen LogP contribution in [0.2, 0.25) is 0 Å². The summed E-state index contributed by atoms with van der Waals surface area (Å²) < 4.78 is 5.03. The molecule has 1 unspecified atom stereocenters. The molecule has 0 saturated carbocycles. The number of amides is 1. The summed E-state index contributed by atoms with van der Waals surface area (Å²) in [6, 6.07) is 5.90. The van der Waals surface area contributed by atoms with Gasteiger partial charge < -0.3 is 14.6 Å². The molecular weight excluding hydrogens is 472 g/mol. The van der Waals surface area contributed by atoms with Gasteiger partial charge in [0, 0.05) is 36.9 Å². The number of rotatable bonds is 6. The van der Waals surface area contributed by atoms with Gasteiger partial charge in [-0.3, -0.25) is 24.3 Å². The Hall–Kier alpha value is -3.75. The number of benzene rings is 1. The van der Waals surface area contributed by atoms with E-state index in [0.29, 0.717) is 50.0 Å². The second kappa shape index (κ2) is 10.3. The first-order chi connectivity index (χ1) is 17.8. The van der Waals surface area contributed by atoms with Gasteiger partial charge >= 0.3 is 5.97 Å². The average molecular weight is 505 g/mol. The fourth-order valence-corrected chi connectivity index (χ4v) is 5.81. The highest BCUT2D eigenvalue weighted by Gasteiger charge is 2.30. The number of piperidine rings is 1. The Labute approximate surface area is 214 Å². The quantitative estimate of drug-likeness (QED) is 0.497. The lowest BCUT2D eigenvalue weighted by Gasteiger charge is -2.33. The molecule has 9 nitrogen and oxygen atoms in total. The van der Waals surface area contributed by atoms with E-state index in [1.54, 1.807) is 11.1 Å². The molecule has 1 aromatic carbocycles. The highest BCUT2D eigenvalue weighted by molar-refractivity contribution is 5.96. The Kier molecular flexibility index (Phi) is 6.95. The molecule has 0 radical (unpaired) electrons. The number of nitrogens with one attached hydrogen (secondary N) is 2. The summed E-state index contributed by atoms with van der Waals surface area (Å²) in [4.78, 5) is 55.2. The molecule has 9 heteroatoms. The molecule has 0 bridgehead atoms. The molecule has 2 N–H and O–H groups in total. The van der Waals surface area contributed by atoms with Crippen molar-refractivity contribution >= 4 is 28.6 Å². The van der Waals surface area contributed by atoms with Crippen molar-refractivity contribution in [1.82, 2.24) is 20.1 Å². The summed E-state index contributed by atoms with van der Waals surface area (Å²) in [6.07, 6.45) is 5.64. The van der Waals surface area contributed by atoms with Crippen LogP contribution in [0.5, 0.6) is 0 Å². The van der Waals surface area contributed by atoms with E-state index in [1.165, 1.54) is 7.11 Å². The number of Topliss-reactive ketones (excluding diaryl/α,β-unsaturated/α-hetero) is 1. The number of aryl methyl sites for hydroxylation is 2. The summed E-state index contributed by atoms with van der Waals surface area (Å²) in [6.45, 7) is 3.03. The van der Waals surface area contributed by atoms with E-state index >= 15 is 0 Å². The summed E-state index contributed by atoms with van der Waals surface area (Å²) in [5.41, 5.74) is 4.84. The Morgan fingerprint density at radius 2 is 1.95 bits per heavy atom. The van der Waals surface area contributed by atoms with Crippen LogP contribution in [0.1, 0.15) is 70.8 Å². The van der Waals surface area contributed by atoms with Crippen LogP contribution in [0.3, 0.4) is 0 Å². The molecule has 1 aliphatic carbocycles. The highest BCUT2D eigenvalue weighted by atomic mass is 16.5. The maximum absolute atomic E-state index is 13.2. The maximum Gasteiger partial charge on any atom is 0.309 e. The molecule has 3 heterocycles. The van der Waals surface area contributed by atoms with Crippen LogP contribution < -0.4 is 5.56 Å². The van der Waals surface area contributed by atoms with Gasteiger partial charge in [-0.2, -0.15) is 5.10 Å². The standard InChI is InChI=1S/C28H32N4O5/c1-16-10-17(12-21-15-29-31-25(16)21)11-20(28(36)37-2)14-24(34)32-8-6-18(7-9-32)22-13-19-4-3-5-23(33)26(19)30-27(22)35/h10,12-13,15,18,20H,3-9,11,14H2,1-2H3,(H,29,31)(H,30,35). The zero-order chi connectivity index (χ0) is 26.1. The summed E-state index contributed by atoms with van der Waals surface area (Å²) >= 11 is 0. The van der Waals surface area contributed by atoms with Crippen LogP contribution in [0.15, 0.2) is 29.2 Å². The first-order valence-corrected chi connectivity index (χ1v) is 12.9. The van der Waals surface area contributed by atoms with Crippen LogP contribution in [-0.4, -0.2) is 57.9 Å². The van der Waals surface area contributed by atoms with Crippen molar-refractivity contribution in [2.75, 3.05) is 20.2 Å². The van der Waals surface area contributed by atoms with Crippen molar-refractivity contribution in [3.63, 3.8) is 0 Å². The van der Waals surface area contributed by atoms with Gasteiger partial charge in [0.25, 0.3) is 5.56 Å². The number of likely N-dealkylation sites (tertiary alicyclic amines) is 1. The third-order valence-corrected chi connectivity index (χ3v) is 7.81. The van der Waals surface area contributed by atoms with E-state index < -0.39 is 11.9 Å². The number of methoxy groups -OCH3 is 1. The number of carbonyl (C=O) groups is 3. The van der Waals surface area contributed by atoms with Gasteiger partial charge in [0.05, 0.1) is 30.4 Å². The fourth-order valence-electron chi connectivity index (χ4n) is 5.81. The highest BCUT2D eigenvalue weighted by Crippen LogP contribution is 2.30. The number of ether oxygens (including phenoxy) is 1. The van der Waals surface area contributed by atoms with Crippen LogP contribution in [0, 0.1) is 12.8 Å². The summed E-state index contributed by atoms with van der Waals surface area (Å²) in [5, 5.41) is 8.03. The number of esters is 1. The van der Waals surface area contributed by atoms with Crippen molar-refractivity contribution in [2.45, 2.75) is 57.8 Å². The minimum Gasteiger partial charge on any atom is -0.469 e. The van der Waals surface area contributed by atoms with Crippen molar-refractivity contribution in [2.24, 2.45) is 5.92 Å². The van der Waals surface area contributed by atoms with Gasteiger partial charge in [0.2, 0.25) is 5.91 Å². The fraction of sp³-hybridized carbons (Fsp3) is 0.464. The Bertz CT molecular complexity index is 1410. The van der Waals surface area contributed by atoms with E-state index in [1.807, 2.05) is 25.1 Å². The minimum absolute atomic E-state index is 0.00493. The van der Waals surface area contributed by atoms with E-state index in [9.17, 15) is 19.2 Å². The van der Waals surface area contributed by atoms with Crippen LogP contribution >= 0.6 is 0 Å². The molecule has 3 aromatic rings. The molecule has 0 spiro atoms. The van der Waals surface area contributed by atoms with Gasteiger partial charge in [-0.25, -0.2) is 0 Å². The number of hydrogen-bond donors (Lipinski definition) is 2. The second-order valence-electron chi connectivity index (χ2n) is 10.3. The normalized spacial score (nSPS) is 17.0. The second-order valence-corrected chi connectivity index (χ2v) is 10.3. The van der Waals surface area contributed by atoms with Crippen molar-refractivity contribution < 1.29 is 19.1 Å². The average Bonchev–Trinajstić information content (AvgIpc) is 3.37. The Morgan fingerprint density at radius 3 is 2.70 bits per heavy atom. The lowest BCUT2D eigenvalue weighted by Crippen LogP contribution is -2.40. The van der Waals surface area contributed by atoms with Gasteiger partial charge in [-0.05, 0) is 73.8 Å². The molecule has 1 atom stereocenters. The monoisotopic (exact) mass is 504 g/mol. The number of fused-ring (bicyclic) bond motifs is 2. The molecule has 1 aliphatic heterocycles. The molecule has 1 saturated heterocycles. The number of nitrogens with zero attached hydrogens (tertiary/aromatic N) is 2. The van der Waals surface area contributed by atoms with Crippen LogP contribution in [0.25, 0.3) is 10.9 Å². The van der Waals surface area contributed by atoms with E-state index in [-0.39, 0.29) is 29.6 Å². The topological polar surface area (TPSA) is 125 Å². The predicted molar refractivity (Wildman–Crippen MR) is 138 cm³/mol. The predicted octanol–water partition coefficient (Wildman–Crippen LogP) is 3.21. The molecule has 37 heavy (non-hydrogen) atoms. The molecule has 194 valence electrons. The molecule has 1 amide bonds. The van der Waals surface area contributed by atoms with Crippen LogP contribution in [-0.2, 0) is 27.2 Å². The Balaban J connectivity index is 1.24. The SMILES string of the molecule is COC(=O)C(CC(=O)N1CCC(c2cc3c([nH]c2=O)C(=O)CCC3)CC1)Cc1cc(C)c2[nH]ncc2c1. The molecule has 5 rings (SSSR count). The van der Waals surface area contributed by atoms with Crippen molar-refractivity contribution in [3.05, 3.63) is 62.7 Å². The van der Waals surface area contributed by atoms with Crippen LogP contribution in [0.4, 0.5) is 0 Å². The van der Waals surface area contributed by atoms with Gasteiger partial charge in [0.1, 0.15) is 0 Å². The van der Waals surface area contributed by atoms with E-state index in [0.717, 1.165) is 40.4 Å². The number of aromatic amines is 2. The first kappa shape index (κ1) is 24.9. The number of carbonyl (C=O) groups excluding carboxylic acids is 3. The summed E-state index contributed by atoms with van der Waals surface area (Å²) in [5.74, 6) is -1.02. The zero-order valence-electron chi connectivity index (χ0n) is 21.3. The largest absolute Gasteiger partial charge is 0.469 e. The van der Waals surface area contributed by atoms with Crippen molar-refractivity contribution in [3.8, 4) is 0 Å². The molecule has 2 aliphatic rings. The smallest absolute Gasteiger partial charge is 0.309 e. The van der Waals surface area contributed by atoms with Gasteiger partial charge in [-0.1, -0.05) is 6.07 Å². The third kappa shape index (κ3) is 5.08. The third-order valence-electron chi connectivity index (χ3n) is 7.81. The molecular formula is C28H32N4O5. The molecule has 2 aromatic heterocycles. The summed E-state index contributed by atoms with van der Waals surface area (Å²) in [7, 11) is 1.35. The Morgan fingerprint density at radius 1 is 1.16 bits per heavy atom. The zero-order valence-corrected chi connectivity index (χ0v) is 21.3. The van der Waals surface area contributed by atoms with E-state index in [4.69, 9.17) is 4.74 Å². The van der Waals surface area contributed by atoms with Crippen molar-refractivity contribution in [1.29, 1.82) is 0 Å². The number of pyridine rings is 1. The van der Waals surface area contributed by atoms with Gasteiger partial charge in [-0.15, -0.1) is 0 Å². The van der Waals surface area contributed by atoms with Gasteiger partial charge in [0.15, 0.2) is 5.78 Å². The number of aromatic nitrogens is 3. The minimum atomic E-state index is -0.583. The lowest BCUT2D eigenvalue weighted by atomic mass is 9.86. The maximum atomic E-state index is 13.2. The first-order valence-electron chi connectivity index (χ1n) is 12.9. The number of H-pyrrole nitrogens is 2. The number of hydrogen-bond acceptors (Lipinski definition) is 6. The molecule has 1 fully saturated rings. The van der Waals surface area contributed by atoms with E-state index in [2.05, 4.69) is 15.2 Å². The lowest BCUT2D eigenvalue weighted by molar-refractivity contribution is -0.149.